The second kappa shape index (κ2) is 7.88. The van der Waals surface area contributed by atoms with Crippen LogP contribution in [0.2, 0.25) is 0 Å². The standard InChI is InChI=1S/C16H16FN3O3/c1-23-13-7-3-2-5-11(13)8-9-14(21)19-16(22)20-15-12(17)6-4-10-18-15/h2-7,10H,8-9H2,1H3,(H2,18,19,20,21,22). The summed E-state index contributed by atoms with van der Waals surface area (Å²) in [5, 5.41) is 4.31. The van der Waals surface area contributed by atoms with E-state index in [0.717, 1.165) is 11.6 Å². The van der Waals surface area contributed by atoms with E-state index < -0.39 is 17.8 Å². The summed E-state index contributed by atoms with van der Waals surface area (Å²) in [7, 11) is 1.55. The number of carbonyl (C=O) groups excluding carboxylic acids is 2. The van der Waals surface area contributed by atoms with Crippen molar-refractivity contribution in [1.82, 2.24) is 10.3 Å². The monoisotopic (exact) mass is 317 g/mol. The maximum absolute atomic E-state index is 13.3. The number of halogens is 1. The molecule has 0 aliphatic heterocycles. The summed E-state index contributed by atoms with van der Waals surface area (Å²) in [5.41, 5.74) is 0.862. The number of ether oxygens (including phenoxy) is 1. The third-order valence-electron chi connectivity index (χ3n) is 3.06. The minimum absolute atomic E-state index is 0.0957. The van der Waals surface area contributed by atoms with E-state index in [9.17, 15) is 14.0 Å². The average Bonchev–Trinajstić information content (AvgIpc) is 2.55. The van der Waals surface area contributed by atoms with Gasteiger partial charge in [0.1, 0.15) is 5.75 Å². The Balaban J connectivity index is 1.85. The molecule has 1 aromatic carbocycles. The molecule has 0 unspecified atom stereocenters. The van der Waals surface area contributed by atoms with Gasteiger partial charge in [0.05, 0.1) is 7.11 Å². The molecule has 120 valence electrons. The van der Waals surface area contributed by atoms with Gasteiger partial charge in [0.2, 0.25) is 5.91 Å². The molecular weight excluding hydrogens is 301 g/mol. The largest absolute Gasteiger partial charge is 0.496 e. The molecule has 7 heteroatoms. The second-order valence-electron chi connectivity index (χ2n) is 4.65. The summed E-state index contributed by atoms with van der Waals surface area (Å²) in [4.78, 5) is 27.1. The summed E-state index contributed by atoms with van der Waals surface area (Å²) in [6, 6.07) is 9.04. The highest BCUT2D eigenvalue weighted by molar-refractivity contribution is 6.00. The summed E-state index contributed by atoms with van der Waals surface area (Å²) in [6.45, 7) is 0. The van der Waals surface area contributed by atoms with Crippen molar-refractivity contribution >= 4 is 17.8 Å². The Morgan fingerprint density at radius 3 is 2.74 bits per heavy atom. The third kappa shape index (κ3) is 4.77. The van der Waals surface area contributed by atoms with E-state index in [1.54, 1.807) is 13.2 Å². The van der Waals surface area contributed by atoms with E-state index in [0.29, 0.717) is 12.2 Å². The highest BCUT2D eigenvalue weighted by Crippen LogP contribution is 2.18. The number of methoxy groups -OCH3 is 1. The Labute approximate surface area is 132 Å². The number of carbonyl (C=O) groups is 2. The Kier molecular flexibility index (Phi) is 5.62. The number of hydrogen-bond donors (Lipinski definition) is 2. The van der Waals surface area contributed by atoms with Crippen molar-refractivity contribution < 1.29 is 18.7 Å². The third-order valence-corrected chi connectivity index (χ3v) is 3.06. The lowest BCUT2D eigenvalue weighted by atomic mass is 10.1. The van der Waals surface area contributed by atoms with Crippen LogP contribution in [0.1, 0.15) is 12.0 Å². The fraction of sp³-hybridized carbons (Fsp3) is 0.188. The van der Waals surface area contributed by atoms with Crippen LogP contribution in [-0.4, -0.2) is 24.0 Å². The van der Waals surface area contributed by atoms with Crippen molar-refractivity contribution in [3.05, 3.63) is 54.0 Å². The number of nitrogens with one attached hydrogen (secondary N) is 2. The highest BCUT2D eigenvalue weighted by Gasteiger charge is 2.12. The number of nitrogens with zero attached hydrogens (tertiary/aromatic N) is 1. The number of hydrogen-bond acceptors (Lipinski definition) is 4. The lowest BCUT2D eigenvalue weighted by molar-refractivity contribution is -0.119. The summed E-state index contributed by atoms with van der Waals surface area (Å²) < 4.78 is 18.5. The van der Waals surface area contributed by atoms with E-state index in [1.165, 1.54) is 12.3 Å². The van der Waals surface area contributed by atoms with Crippen LogP contribution >= 0.6 is 0 Å². The van der Waals surface area contributed by atoms with Crippen LogP contribution in [0.25, 0.3) is 0 Å². The van der Waals surface area contributed by atoms with Gasteiger partial charge in [-0.1, -0.05) is 18.2 Å². The fourth-order valence-corrected chi connectivity index (χ4v) is 1.96. The van der Waals surface area contributed by atoms with Crippen LogP contribution in [0.3, 0.4) is 0 Å². The number of rotatable bonds is 5. The van der Waals surface area contributed by atoms with Gasteiger partial charge >= 0.3 is 6.03 Å². The number of pyridine rings is 1. The van der Waals surface area contributed by atoms with Crippen molar-refractivity contribution in [3.63, 3.8) is 0 Å². The first-order valence-electron chi connectivity index (χ1n) is 6.93. The molecule has 6 nitrogen and oxygen atoms in total. The minimum Gasteiger partial charge on any atom is -0.496 e. The van der Waals surface area contributed by atoms with Gasteiger partial charge < -0.3 is 4.74 Å². The molecule has 2 rings (SSSR count). The van der Waals surface area contributed by atoms with Gasteiger partial charge in [-0.3, -0.25) is 15.4 Å². The first-order valence-corrected chi connectivity index (χ1v) is 6.93. The lowest BCUT2D eigenvalue weighted by Crippen LogP contribution is -2.35. The van der Waals surface area contributed by atoms with Crippen molar-refractivity contribution in [2.45, 2.75) is 12.8 Å². The Morgan fingerprint density at radius 1 is 1.22 bits per heavy atom. The van der Waals surface area contributed by atoms with Gasteiger partial charge in [-0.05, 0) is 30.2 Å². The van der Waals surface area contributed by atoms with Crippen LogP contribution in [0.15, 0.2) is 42.6 Å². The lowest BCUT2D eigenvalue weighted by Gasteiger charge is -2.09. The van der Waals surface area contributed by atoms with Crippen LogP contribution in [-0.2, 0) is 11.2 Å². The molecule has 3 amide bonds. The number of para-hydroxylation sites is 1. The molecule has 0 saturated carbocycles. The molecule has 0 spiro atoms. The van der Waals surface area contributed by atoms with Gasteiger partial charge in [-0.15, -0.1) is 0 Å². The quantitative estimate of drug-likeness (QED) is 0.888. The SMILES string of the molecule is COc1ccccc1CCC(=O)NC(=O)Nc1ncccc1F. The van der Waals surface area contributed by atoms with Crippen molar-refractivity contribution in [2.24, 2.45) is 0 Å². The first-order chi connectivity index (χ1) is 11.1. The molecule has 2 N–H and O–H groups in total. The Bertz CT molecular complexity index is 706. The molecule has 1 aromatic heterocycles. The zero-order valence-electron chi connectivity index (χ0n) is 12.5. The minimum atomic E-state index is -0.826. The molecular formula is C16H16FN3O3. The topological polar surface area (TPSA) is 80.3 Å². The number of anilines is 1. The van der Waals surface area contributed by atoms with E-state index in [1.807, 2.05) is 18.2 Å². The van der Waals surface area contributed by atoms with Gasteiger partial charge in [-0.2, -0.15) is 0 Å². The molecule has 0 bridgehead atoms. The Morgan fingerprint density at radius 2 is 2.00 bits per heavy atom. The molecule has 1 heterocycles. The van der Waals surface area contributed by atoms with Crippen molar-refractivity contribution in [3.8, 4) is 5.75 Å². The number of aryl methyl sites for hydroxylation is 1. The number of benzene rings is 1. The highest BCUT2D eigenvalue weighted by atomic mass is 19.1. The van der Waals surface area contributed by atoms with Gasteiger partial charge in [-0.25, -0.2) is 14.2 Å². The summed E-state index contributed by atoms with van der Waals surface area (Å²) in [6.07, 6.45) is 1.85. The van der Waals surface area contributed by atoms with Crippen molar-refractivity contribution in [1.29, 1.82) is 0 Å². The van der Waals surface area contributed by atoms with E-state index in [2.05, 4.69) is 15.6 Å². The summed E-state index contributed by atoms with van der Waals surface area (Å²) >= 11 is 0. The van der Waals surface area contributed by atoms with Gasteiger partial charge in [0.15, 0.2) is 11.6 Å². The van der Waals surface area contributed by atoms with E-state index in [4.69, 9.17) is 4.74 Å². The molecule has 2 aromatic rings. The van der Waals surface area contributed by atoms with Gasteiger partial charge in [0.25, 0.3) is 0 Å². The van der Waals surface area contributed by atoms with Crippen molar-refractivity contribution in [2.75, 3.05) is 12.4 Å². The first kappa shape index (κ1) is 16.4. The zero-order chi connectivity index (χ0) is 16.7. The molecule has 0 fully saturated rings. The predicted octanol–water partition coefficient (Wildman–Crippen LogP) is 2.51. The summed E-state index contributed by atoms with van der Waals surface area (Å²) in [5.74, 6) is -0.711. The smallest absolute Gasteiger partial charge is 0.327 e. The number of aromatic nitrogens is 1. The van der Waals surface area contributed by atoms with E-state index >= 15 is 0 Å². The van der Waals surface area contributed by atoms with Crippen LogP contribution in [0.4, 0.5) is 15.0 Å². The van der Waals surface area contributed by atoms with Crippen LogP contribution in [0.5, 0.6) is 5.75 Å². The molecule has 0 radical (unpaired) electrons. The maximum atomic E-state index is 13.3. The zero-order valence-corrected chi connectivity index (χ0v) is 12.5. The second-order valence-corrected chi connectivity index (χ2v) is 4.65. The molecule has 0 saturated heterocycles. The van der Waals surface area contributed by atoms with E-state index in [-0.39, 0.29) is 12.2 Å². The van der Waals surface area contributed by atoms with Gasteiger partial charge in [0, 0.05) is 12.6 Å². The average molecular weight is 317 g/mol. The normalized spacial score (nSPS) is 10.0. The molecule has 0 atom stereocenters. The number of amides is 3. The number of imide groups is 1. The maximum Gasteiger partial charge on any atom is 0.327 e. The molecule has 0 aliphatic carbocycles. The van der Waals surface area contributed by atoms with Crippen LogP contribution in [0, 0.1) is 5.82 Å². The fourth-order valence-electron chi connectivity index (χ4n) is 1.96. The predicted molar refractivity (Wildman–Crippen MR) is 82.7 cm³/mol. The molecule has 0 aliphatic rings. The Hall–Kier alpha value is -2.96. The van der Waals surface area contributed by atoms with Crippen LogP contribution < -0.4 is 15.4 Å². The molecule has 23 heavy (non-hydrogen) atoms. The number of urea groups is 1.